The van der Waals surface area contributed by atoms with Crippen molar-refractivity contribution >= 4 is 39.9 Å². The van der Waals surface area contributed by atoms with Crippen LogP contribution in [0.25, 0.3) is 27.7 Å². The van der Waals surface area contributed by atoms with E-state index in [4.69, 9.17) is 13.9 Å². The molecule has 0 unspecified atom stereocenters. The molecule has 4 aromatic rings. The number of ether oxygens (including phenoxy) is 2. The fraction of sp³-hybridized carbons (Fsp3) is 0.138. The molecule has 2 heterocycles. The van der Waals surface area contributed by atoms with Crippen LogP contribution in [-0.2, 0) is 9.59 Å². The zero-order valence-corrected chi connectivity index (χ0v) is 20.6. The number of carbonyl (C=O) groups excluding carboxylic acids is 2. The first kappa shape index (κ1) is 23.9. The highest BCUT2D eigenvalue weighted by molar-refractivity contribution is 6.17. The number of fused-ring (bicyclic) bond motifs is 1. The molecule has 3 aromatic carbocycles. The maximum atomic E-state index is 12.8. The van der Waals surface area contributed by atoms with Crippen molar-refractivity contribution in [3.63, 3.8) is 0 Å². The Hall–Kier alpha value is -4.85. The quantitative estimate of drug-likeness (QED) is 0.362. The van der Waals surface area contributed by atoms with Gasteiger partial charge in [-0.25, -0.2) is 0 Å². The molecule has 8 nitrogen and oxygen atoms in total. The Morgan fingerprint density at radius 2 is 1.86 bits per heavy atom. The van der Waals surface area contributed by atoms with Crippen molar-refractivity contribution in [2.24, 2.45) is 5.10 Å². The molecule has 1 N–H and O–H groups in total. The maximum absolute atomic E-state index is 12.8. The largest absolute Gasteiger partial charge is 0.497 e. The molecule has 0 aliphatic carbocycles. The summed E-state index contributed by atoms with van der Waals surface area (Å²) in [6, 6.07) is 20.6. The van der Waals surface area contributed by atoms with Crippen LogP contribution in [0.2, 0.25) is 0 Å². The maximum Gasteiger partial charge on any atom is 0.255 e. The van der Waals surface area contributed by atoms with E-state index in [9.17, 15) is 9.59 Å². The van der Waals surface area contributed by atoms with Crippen molar-refractivity contribution in [1.82, 2.24) is 5.32 Å². The van der Waals surface area contributed by atoms with Crippen molar-refractivity contribution in [1.29, 1.82) is 0 Å². The lowest BCUT2D eigenvalue weighted by Crippen LogP contribution is -2.28. The number of amides is 2. The topological polar surface area (TPSA) is 93.4 Å². The minimum absolute atomic E-state index is 0.0156. The van der Waals surface area contributed by atoms with Crippen molar-refractivity contribution in [2.75, 3.05) is 19.2 Å². The summed E-state index contributed by atoms with van der Waals surface area (Å²) in [5.74, 6) is 1.01. The monoisotopic (exact) mass is 495 g/mol. The predicted octanol–water partition coefficient (Wildman–Crippen LogP) is 5.39. The molecule has 0 radical (unpaired) electrons. The molecule has 5 rings (SSSR count). The van der Waals surface area contributed by atoms with Gasteiger partial charge in [-0.15, -0.1) is 0 Å². The van der Waals surface area contributed by atoms with Gasteiger partial charge in [0.15, 0.2) is 0 Å². The number of hydrogen-bond donors (Lipinski definition) is 1. The van der Waals surface area contributed by atoms with Crippen molar-refractivity contribution in [3.8, 4) is 22.6 Å². The minimum atomic E-state index is -0.388. The second-order valence-corrected chi connectivity index (χ2v) is 8.51. The number of hydrogen-bond acceptors (Lipinski definition) is 6. The van der Waals surface area contributed by atoms with E-state index in [0.717, 1.165) is 27.8 Å². The number of benzene rings is 3. The summed E-state index contributed by atoms with van der Waals surface area (Å²) in [5.41, 5.74) is 4.57. The Labute approximate surface area is 213 Å². The van der Waals surface area contributed by atoms with E-state index < -0.39 is 0 Å². The van der Waals surface area contributed by atoms with Crippen LogP contribution in [0.3, 0.4) is 0 Å². The Balaban J connectivity index is 1.42. The van der Waals surface area contributed by atoms with Crippen molar-refractivity contribution in [3.05, 3.63) is 84.6 Å². The number of nitrogens with zero attached hydrogens (tertiary/aromatic N) is 2. The predicted molar refractivity (Wildman–Crippen MR) is 143 cm³/mol. The SMILES string of the molecule is COc1cccc(-c2coc3cc(OC)c(/C(C)=C/C(=O)NC4=NN(c5ccccc5)C(=O)C4)cc23)c1. The van der Waals surface area contributed by atoms with E-state index in [-0.39, 0.29) is 18.2 Å². The average molecular weight is 496 g/mol. The lowest BCUT2D eigenvalue weighted by molar-refractivity contribution is -0.116. The Bertz CT molecular complexity index is 1550. The van der Waals surface area contributed by atoms with Crippen LogP contribution < -0.4 is 19.8 Å². The molecule has 1 aromatic heterocycles. The van der Waals surface area contributed by atoms with Crippen LogP contribution in [0.15, 0.2) is 88.6 Å². The number of para-hydroxylation sites is 1. The molecule has 0 fully saturated rings. The highest BCUT2D eigenvalue weighted by Crippen LogP contribution is 2.38. The van der Waals surface area contributed by atoms with E-state index in [1.54, 1.807) is 38.7 Å². The highest BCUT2D eigenvalue weighted by Gasteiger charge is 2.26. The van der Waals surface area contributed by atoms with Crippen molar-refractivity contribution < 1.29 is 23.5 Å². The minimum Gasteiger partial charge on any atom is -0.497 e. The van der Waals surface area contributed by atoms with Gasteiger partial charge in [-0.1, -0.05) is 30.3 Å². The van der Waals surface area contributed by atoms with Crippen molar-refractivity contribution in [2.45, 2.75) is 13.3 Å². The Morgan fingerprint density at radius 1 is 1.05 bits per heavy atom. The fourth-order valence-corrected chi connectivity index (χ4v) is 4.27. The third kappa shape index (κ3) is 4.81. The Kier molecular flexibility index (Phi) is 6.47. The van der Waals surface area contributed by atoms with Crippen LogP contribution in [0.4, 0.5) is 5.69 Å². The van der Waals surface area contributed by atoms with Crippen LogP contribution in [0.1, 0.15) is 18.9 Å². The number of nitrogens with one attached hydrogen (secondary N) is 1. The third-order valence-electron chi connectivity index (χ3n) is 6.09. The fourth-order valence-electron chi connectivity index (χ4n) is 4.27. The number of rotatable bonds is 6. The van der Waals surface area contributed by atoms with Gasteiger partial charge in [0.1, 0.15) is 22.9 Å². The van der Waals surface area contributed by atoms with Gasteiger partial charge in [0.25, 0.3) is 5.91 Å². The second kappa shape index (κ2) is 10.0. The molecule has 8 heteroatoms. The molecule has 186 valence electrons. The smallest absolute Gasteiger partial charge is 0.255 e. The summed E-state index contributed by atoms with van der Waals surface area (Å²) >= 11 is 0. The molecule has 0 saturated heterocycles. The normalized spacial score (nSPS) is 13.6. The zero-order valence-electron chi connectivity index (χ0n) is 20.6. The van der Waals surface area contributed by atoms with E-state index in [2.05, 4.69) is 10.4 Å². The van der Waals surface area contributed by atoms with E-state index in [1.807, 2.05) is 55.5 Å². The number of furan rings is 1. The van der Waals surface area contributed by atoms with Gasteiger partial charge in [0.2, 0.25) is 5.91 Å². The summed E-state index contributed by atoms with van der Waals surface area (Å²) in [5, 5.41) is 9.18. The van der Waals surface area contributed by atoms with Gasteiger partial charge in [0.05, 0.1) is 32.6 Å². The van der Waals surface area contributed by atoms with Crippen LogP contribution in [-0.4, -0.2) is 31.9 Å². The van der Waals surface area contributed by atoms with E-state index in [0.29, 0.717) is 28.4 Å². The van der Waals surface area contributed by atoms with E-state index >= 15 is 0 Å². The number of hydrazone groups is 1. The summed E-state index contributed by atoms with van der Waals surface area (Å²) in [6.07, 6.45) is 3.18. The van der Waals surface area contributed by atoms with Gasteiger partial charge < -0.3 is 19.2 Å². The average Bonchev–Trinajstić information content (AvgIpc) is 3.50. The first-order valence-corrected chi connectivity index (χ1v) is 11.7. The summed E-state index contributed by atoms with van der Waals surface area (Å²) in [6.45, 7) is 1.83. The first-order chi connectivity index (χ1) is 18.0. The number of methoxy groups -OCH3 is 2. The summed E-state index contributed by atoms with van der Waals surface area (Å²) < 4.78 is 16.8. The van der Waals surface area contributed by atoms with Gasteiger partial charge in [0, 0.05) is 28.7 Å². The third-order valence-corrected chi connectivity index (χ3v) is 6.09. The summed E-state index contributed by atoms with van der Waals surface area (Å²) in [7, 11) is 3.20. The van der Waals surface area contributed by atoms with Gasteiger partial charge in [-0.2, -0.15) is 10.1 Å². The second-order valence-electron chi connectivity index (χ2n) is 8.51. The molecular formula is C29H25N3O5. The van der Waals surface area contributed by atoms with Crippen LogP contribution in [0.5, 0.6) is 11.5 Å². The molecule has 0 saturated carbocycles. The lowest BCUT2D eigenvalue weighted by Gasteiger charge is -2.10. The molecule has 37 heavy (non-hydrogen) atoms. The van der Waals surface area contributed by atoms with Gasteiger partial charge in [-0.3, -0.25) is 9.59 Å². The number of carbonyl (C=O) groups is 2. The Morgan fingerprint density at radius 3 is 2.62 bits per heavy atom. The zero-order chi connectivity index (χ0) is 25.9. The number of anilines is 1. The van der Waals surface area contributed by atoms with E-state index in [1.165, 1.54) is 11.1 Å². The highest BCUT2D eigenvalue weighted by atomic mass is 16.5. The summed E-state index contributed by atoms with van der Waals surface area (Å²) in [4.78, 5) is 25.2. The lowest BCUT2D eigenvalue weighted by atomic mass is 9.99. The molecule has 0 bridgehead atoms. The first-order valence-electron chi connectivity index (χ1n) is 11.7. The van der Waals surface area contributed by atoms with Gasteiger partial charge in [-0.05, 0) is 48.4 Å². The number of amidine groups is 1. The van der Waals surface area contributed by atoms with Gasteiger partial charge >= 0.3 is 0 Å². The van der Waals surface area contributed by atoms with Crippen LogP contribution >= 0.6 is 0 Å². The molecule has 0 spiro atoms. The standard InChI is InChI=1S/C29H25N3O5/c1-18(12-28(33)30-27-16-29(34)32(31-27)20-9-5-4-6-10-20)22-14-23-24(17-37-26(23)15-25(22)36-3)19-8-7-11-21(13-19)35-2/h4-15,17H,16H2,1-3H3,(H,30,31,33)/b18-12+. The molecule has 1 aliphatic heterocycles. The molecule has 0 atom stereocenters. The molecule has 2 amide bonds. The number of allylic oxidation sites excluding steroid dienone is 1. The molecular weight excluding hydrogens is 470 g/mol. The van der Waals surface area contributed by atoms with Crippen LogP contribution in [0, 0.1) is 0 Å². The molecule has 1 aliphatic rings.